The SMILES string of the molecule is COCCS(=O)(=O)NC(C)(CN)c1ccccc1. The minimum absolute atomic E-state index is 0.0775. The summed E-state index contributed by atoms with van der Waals surface area (Å²) in [5, 5.41) is 0. The number of hydrogen-bond acceptors (Lipinski definition) is 4. The molecule has 18 heavy (non-hydrogen) atoms. The minimum Gasteiger partial charge on any atom is -0.384 e. The Balaban J connectivity index is 2.90. The first-order chi connectivity index (χ1) is 8.43. The topological polar surface area (TPSA) is 81.4 Å². The van der Waals surface area contributed by atoms with Crippen LogP contribution in [0.2, 0.25) is 0 Å². The van der Waals surface area contributed by atoms with Crippen LogP contribution in [0.3, 0.4) is 0 Å². The van der Waals surface area contributed by atoms with Crippen molar-refractivity contribution < 1.29 is 13.2 Å². The van der Waals surface area contributed by atoms with E-state index in [4.69, 9.17) is 10.5 Å². The molecule has 102 valence electrons. The van der Waals surface area contributed by atoms with E-state index in [2.05, 4.69) is 4.72 Å². The Morgan fingerprint density at radius 1 is 1.33 bits per heavy atom. The third-order valence-electron chi connectivity index (χ3n) is 2.76. The van der Waals surface area contributed by atoms with Crippen LogP contribution in [0.15, 0.2) is 30.3 Å². The van der Waals surface area contributed by atoms with E-state index in [-0.39, 0.29) is 18.9 Å². The number of methoxy groups -OCH3 is 1. The highest BCUT2D eigenvalue weighted by Crippen LogP contribution is 2.20. The highest BCUT2D eigenvalue weighted by molar-refractivity contribution is 7.89. The normalized spacial score (nSPS) is 15.3. The Hall–Kier alpha value is -0.950. The van der Waals surface area contributed by atoms with Crippen LogP contribution < -0.4 is 10.5 Å². The lowest BCUT2D eigenvalue weighted by molar-refractivity contribution is 0.216. The summed E-state index contributed by atoms with van der Waals surface area (Å²) in [6.07, 6.45) is 0. The molecule has 1 atom stereocenters. The van der Waals surface area contributed by atoms with Crippen molar-refractivity contribution in [1.82, 2.24) is 4.72 Å². The molecule has 1 aromatic rings. The zero-order chi connectivity index (χ0) is 13.6. The fourth-order valence-electron chi connectivity index (χ4n) is 1.61. The van der Waals surface area contributed by atoms with Crippen LogP contribution in [0.25, 0.3) is 0 Å². The molecule has 0 saturated carbocycles. The van der Waals surface area contributed by atoms with Gasteiger partial charge in [-0.1, -0.05) is 30.3 Å². The molecule has 6 heteroatoms. The molecule has 0 fully saturated rings. The molecule has 0 aliphatic rings. The second-order valence-corrected chi connectivity index (χ2v) is 6.16. The van der Waals surface area contributed by atoms with Gasteiger partial charge in [0.15, 0.2) is 0 Å². The lowest BCUT2D eigenvalue weighted by Gasteiger charge is -2.29. The number of hydrogen-bond donors (Lipinski definition) is 2. The van der Waals surface area contributed by atoms with E-state index in [0.717, 1.165) is 5.56 Å². The first kappa shape index (κ1) is 15.1. The van der Waals surface area contributed by atoms with Gasteiger partial charge < -0.3 is 10.5 Å². The number of nitrogens with one attached hydrogen (secondary N) is 1. The third-order valence-corrected chi connectivity index (χ3v) is 4.22. The van der Waals surface area contributed by atoms with E-state index >= 15 is 0 Å². The van der Waals surface area contributed by atoms with Crippen LogP contribution in [-0.4, -0.2) is 34.4 Å². The Labute approximate surface area is 108 Å². The minimum atomic E-state index is -3.42. The number of nitrogens with two attached hydrogens (primary N) is 1. The van der Waals surface area contributed by atoms with E-state index in [1.54, 1.807) is 6.92 Å². The zero-order valence-corrected chi connectivity index (χ0v) is 11.5. The average molecular weight is 272 g/mol. The molecule has 5 nitrogen and oxygen atoms in total. The summed E-state index contributed by atoms with van der Waals surface area (Å²) in [6, 6.07) is 9.29. The molecule has 0 heterocycles. The highest BCUT2D eigenvalue weighted by Gasteiger charge is 2.29. The van der Waals surface area contributed by atoms with Gasteiger partial charge >= 0.3 is 0 Å². The molecule has 0 amide bonds. The van der Waals surface area contributed by atoms with Gasteiger partial charge in [-0.15, -0.1) is 0 Å². The van der Waals surface area contributed by atoms with Gasteiger partial charge in [-0.25, -0.2) is 13.1 Å². The van der Waals surface area contributed by atoms with E-state index in [9.17, 15) is 8.42 Å². The average Bonchev–Trinajstić information content (AvgIpc) is 2.37. The Morgan fingerprint density at radius 3 is 2.44 bits per heavy atom. The van der Waals surface area contributed by atoms with Crippen LogP contribution in [-0.2, 0) is 20.3 Å². The molecule has 0 aliphatic carbocycles. The van der Waals surface area contributed by atoms with E-state index in [1.165, 1.54) is 7.11 Å². The van der Waals surface area contributed by atoms with Crippen molar-refractivity contribution in [2.45, 2.75) is 12.5 Å². The van der Waals surface area contributed by atoms with Crippen LogP contribution in [0.1, 0.15) is 12.5 Å². The first-order valence-electron chi connectivity index (χ1n) is 5.70. The highest BCUT2D eigenvalue weighted by atomic mass is 32.2. The maximum absolute atomic E-state index is 11.9. The lowest BCUT2D eigenvalue weighted by Crippen LogP contribution is -2.49. The second kappa shape index (κ2) is 6.29. The maximum atomic E-state index is 11.9. The van der Waals surface area contributed by atoms with Gasteiger partial charge in [-0.05, 0) is 12.5 Å². The number of rotatable bonds is 7. The monoisotopic (exact) mass is 272 g/mol. The summed E-state index contributed by atoms with van der Waals surface area (Å²) < 4.78 is 31.2. The Bertz CT molecular complexity index is 461. The summed E-state index contributed by atoms with van der Waals surface area (Å²) in [5.41, 5.74) is 5.76. The predicted octanol–water partition coefficient (Wildman–Crippen LogP) is 0.426. The van der Waals surface area contributed by atoms with Gasteiger partial charge in [0.05, 0.1) is 17.9 Å². The van der Waals surface area contributed by atoms with E-state index < -0.39 is 15.6 Å². The Kier molecular flexibility index (Phi) is 5.28. The zero-order valence-electron chi connectivity index (χ0n) is 10.7. The summed E-state index contributed by atoms with van der Waals surface area (Å²) in [6.45, 7) is 2.11. The van der Waals surface area contributed by atoms with Crippen molar-refractivity contribution in [3.05, 3.63) is 35.9 Å². The Morgan fingerprint density at radius 2 is 1.94 bits per heavy atom. The summed E-state index contributed by atoms with van der Waals surface area (Å²) in [4.78, 5) is 0. The number of sulfonamides is 1. The van der Waals surface area contributed by atoms with Crippen LogP contribution in [0.4, 0.5) is 0 Å². The smallest absolute Gasteiger partial charge is 0.214 e. The van der Waals surface area contributed by atoms with E-state index in [1.807, 2.05) is 30.3 Å². The molecular formula is C12H20N2O3S. The largest absolute Gasteiger partial charge is 0.384 e. The van der Waals surface area contributed by atoms with Crippen molar-refractivity contribution >= 4 is 10.0 Å². The molecule has 1 aromatic carbocycles. The van der Waals surface area contributed by atoms with Crippen LogP contribution in [0, 0.1) is 0 Å². The molecule has 3 N–H and O–H groups in total. The standard InChI is InChI=1S/C12H20N2O3S/c1-12(10-13,11-6-4-3-5-7-11)14-18(15,16)9-8-17-2/h3-7,14H,8-10,13H2,1-2H3. The van der Waals surface area contributed by atoms with Crippen LogP contribution in [0.5, 0.6) is 0 Å². The fraction of sp³-hybridized carbons (Fsp3) is 0.500. The lowest BCUT2D eigenvalue weighted by atomic mass is 9.94. The van der Waals surface area contributed by atoms with Gasteiger partial charge in [-0.2, -0.15) is 0 Å². The van der Waals surface area contributed by atoms with Gasteiger partial charge in [0, 0.05) is 13.7 Å². The number of ether oxygens (including phenoxy) is 1. The molecule has 0 aliphatic heterocycles. The first-order valence-corrected chi connectivity index (χ1v) is 7.35. The van der Waals surface area contributed by atoms with Crippen molar-refractivity contribution in [1.29, 1.82) is 0 Å². The number of benzene rings is 1. The molecule has 0 aromatic heterocycles. The van der Waals surface area contributed by atoms with Crippen molar-refractivity contribution in [2.75, 3.05) is 26.0 Å². The van der Waals surface area contributed by atoms with Crippen molar-refractivity contribution in [2.24, 2.45) is 5.73 Å². The second-order valence-electron chi connectivity index (χ2n) is 4.32. The quantitative estimate of drug-likeness (QED) is 0.754. The van der Waals surface area contributed by atoms with Crippen molar-refractivity contribution in [3.8, 4) is 0 Å². The molecule has 0 spiro atoms. The van der Waals surface area contributed by atoms with Gasteiger partial charge in [0.25, 0.3) is 0 Å². The molecule has 0 bridgehead atoms. The summed E-state index contributed by atoms with van der Waals surface area (Å²) in [5.74, 6) is -0.0775. The maximum Gasteiger partial charge on any atom is 0.214 e. The van der Waals surface area contributed by atoms with E-state index in [0.29, 0.717) is 0 Å². The molecular weight excluding hydrogens is 252 g/mol. The summed E-state index contributed by atoms with van der Waals surface area (Å²) in [7, 11) is -1.95. The van der Waals surface area contributed by atoms with Crippen LogP contribution >= 0.6 is 0 Å². The third kappa shape index (κ3) is 4.06. The van der Waals surface area contributed by atoms with Gasteiger partial charge in [-0.3, -0.25) is 0 Å². The van der Waals surface area contributed by atoms with Gasteiger partial charge in [0.2, 0.25) is 10.0 Å². The summed E-state index contributed by atoms with van der Waals surface area (Å²) >= 11 is 0. The molecule has 0 radical (unpaired) electrons. The molecule has 1 rings (SSSR count). The fourth-order valence-corrected chi connectivity index (χ4v) is 2.99. The molecule has 0 saturated heterocycles. The van der Waals surface area contributed by atoms with Crippen molar-refractivity contribution in [3.63, 3.8) is 0 Å². The predicted molar refractivity (Wildman–Crippen MR) is 71.6 cm³/mol. The molecule has 1 unspecified atom stereocenters. The van der Waals surface area contributed by atoms with Gasteiger partial charge in [0.1, 0.15) is 0 Å².